The van der Waals surface area contributed by atoms with Gasteiger partial charge in [0.15, 0.2) is 11.2 Å². The van der Waals surface area contributed by atoms with Crippen LogP contribution in [0.1, 0.15) is 23.0 Å². The lowest BCUT2D eigenvalue weighted by Crippen LogP contribution is -2.28. The monoisotopic (exact) mass is 378 g/mol. The summed E-state index contributed by atoms with van der Waals surface area (Å²) < 4.78 is 44.9. The molecule has 0 unspecified atom stereocenters. The highest BCUT2D eigenvalue weighted by Crippen LogP contribution is 2.32. The van der Waals surface area contributed by atoms with E-state index in [-0.39, 0.29) is 17.7 Å². The lowest BCUT2D eigenvalue weighted by atomic mass is 10.1. The van der Waals surface area contributed by atoms with Gasteiger partial charge >= 0.3 is 12.1 Å². The number of alkyl halides is 3. The minimum absolute atomic E-state index is 0.0493. The van der Waals surface area contributed by atoms with Gasteiger partial charge in [0, 0.05) is 0 Å². The molecular formula is C18H13F3N2O4. The second-order valence-corrected chi connectivity index (χ2v) is 5.49. The Hall–Kier alpha value is -3.36. The Morgan fingerprint density at radius 2 is 1.85 bits per heavy atom. The maximum Gasteiger partial charge on any atom is 0.433 e. The van der Waals surface area contributed by atoms with E-state index >= 15 is 0 Å². The molecule has 0 aliphatic rings. The number of hydrogen-bond acceptors (Lipinski definition) is 5. The highest BCUT2D eigenvalue weighted by atomic mass is 19.4. The first-order valence-corrected chi connectivity index (χ1v) is 7.84. The van der Waals surface area contributed by atoms with Crippen molar-refractivity contribution in [1.82, 2.24) is 9.55 Å². The molecule has 0 atom stereocenters. The van der Waals surface area contributed by atoms with Crippen LogP contribution in [0.25, 0.3) is 16.7 Å². The van der Waals surface area contributed by atoms with Crippen molar-refractivity contribution in [1.29, 1.82) is 0 Å². The normalized spacial score (nSPS) is 11.6. The van der Waals surface area contributed by atoms with Crippen LogP contribution in [0.4, 0.5) is 13.2 Å². The fourth-order valence-electron chi connectivity index (χ4n) is 2.61. The number of para-hydroxylation sites is 1. The number of pyridine rings is 2. The lowest BCUT2D eigenvalue weighted by Gasteiger charge is -2.15. The number of nitrogens with zero attached hydrogens (tertiary/aromatic N) is 2. The van der Waals surface area contributed by atoms with Crippen molar-refractivity contribution in [3.8, 4) is 11.4 Å². The maximum absolute atomic E-state index is 13.1. The van der Waals surface area contributed by atoms with Gasteiger partial charge in [-0.1, -0.05) is 18.2 Å². The number of aromatic nitrogens is 2. The number of carbonyl (C=O) groups excluding carboxylic acids is 1. The van der Waals surface area contributed by atoms with Gasteiger partial charge in [0.05, 0.1) is 17.7 Å². The van der Waals surface area contributed by atoms with Gasteiger partial charge in [0.1, 0.15) is 11.4 Å². The minimum Gasteiger partial charge on any atom is -0.506 e. The van der Waals surface area contributed by atoms with Crippen LogP contribution in [0.15, 0.2) is 47.3 Å². The van der Waals surface area contributed by atoms with Crippen LogP contribution >= 0.6 is 0 Å². The molecule has 3 aromatic rings. The van der Waals surface area contributed by atoms with Gasteiger partial charge in [0.2, 0.25) is 0 Å². The van der Waals surface area contributed by atoms with Gasteiger partial charge in [-0.15, -0.1) is 0 Å². The summed E-state index contributed by atoms with van der Waals surface area (Å²) in [5.41, 5.74) is -3.18. The van der Waals surface area contributed by atoms with Crippen LogP contribution in [0, 0.1) is 0 Å². The Morgan fingerprint density at radius 1 is 1.19 bits per heavy atom. The Morgan fingerprint density at radius 3 is 2.44 bits per heavy atom. The molecule has 27 heavy (non-hydrogen) atoms. The standard InChI is InChI=1S/C18H13F3N2O4/c1-2-27-17(26)13-14(24)11-8-9-12(18(19,20)21)22-15(11)23(16(13)25)10-6-4-3-5-7-10/h3-9,24H,2H2,1H3. The van der Waals surface area contributed by atoms with E-state index in [1.807, 2.05) is 0 Å². The van der Waals surface area contributed by atoms with Crippen LogP contribution in [0.5, 0.6) is 5.75 Å². The molecule has 0 fully saturated rings. The van der Waals surface area contributed by atoms with E-state index in [0.29, 0.717) is 6.07 Å². The van der Waals surface area contributed by atoms with Crippen LogP contribution in [-0.4, -0.2) is 27.2 Å². The molecule has 1 N–H and O–H groups in total. The summed E-state index contributed by atoms with van der Waals surface area (Å²) in [6.07, 6.45) is -4.75. The molecule has 2 aromatic heterocycles. The van der Waals surface area contributed by atoms with Gasteiger partial charge in [-0.25, -0.2) is 9.78 Å². The van der Waals surface area contributed by atoms with Gasteiger partial charge < -0.3 is 9.84 Å². The highest BCUT2D eigenvalue weighted by molar-refractivity contribution is 5.99. The molecule has 0 aliphatic heterocycles. The fraction of sp³-hybridized carbons (Fsp3) is 0.167. The zero-order valence-electron chi connectivity index (χ0n) is 13.9. The Labute approximate surface area is 150 Å². The number of esters is 1. The van der Waals surface area contributed by atoms with E-state index in [4.69, 9.17) is 4.74 Å². The molecule has 2 heterocycles. The maximum atomic E-state index is 13.1. The Balaban J connectivity index is 2.46. The number of fused-ring (bicyclic) bond motifs is 1. The van der Waals surface area contributed by atoms with Crippen molar-refractivity contribution in [2.75, 3.05) is 6.61 Å². The third kappa shape index (κ3) is 3.23. The number of halogens is 3. The minimum atomic E-state index is -4.75. The third-order valence-electron chi connectivity index (χ3n) is 3.78. The summed E-state index contributed by atoms with van der Waals surface area (Å²) in [7, 11) is 0. The van der Waals surface area contributed by atoms with Crippen molar-refractivity contribution < 1.29 is 27.8 Å². The molecule has 0 amide bonds. The summed E-state index contributed by atoms with van der Waals surface area (Å²) in [5, 5.41) is 10.2. The molecular weight excluding hydrogens is 365 g/mol. The van der Waals surface area contributed by atoms with Crippen molar-refractivity contribution in [3.63, 3.8) is 0 Å². The molecule has 0 saturated heterocycles. The van der Waals surface area contributed by atoms with E-state index < -0.39 is 40.4 Å². The van der Waals surface area contributed by atoms with E-state index in [1.165, 1.54) is 19.1 Å². The van der Waals surface area contributed by atoms with Crippen LogP contribution < -0.4 is 5.56 Å². The predicted octanol–water partition coefficient (Wildman–Crippen LogP) is 3.29. The van der Waals surface area contributed by atoms with Crippen molar-refractivity contribution >= 4 is 17.0 Å². The Bertz CT molecular complexity index is 1080. The zero-order chi connectivity index (χ0) is 19.8. The molecule has 0 saturated carbocycles. The topological polar surface area (TPSA) is 81.4 Å². The zero-order valence-corrected chi connectivity index (χ0v) is 13.9. The number of benzene rings is 1. The SMILES string of the molecule is CCOC(=O)c1c(O)c2ccc(C(F)(F)F)nc2n(-c2ccccc2)c1=O. The van der Waals surface area contributed by atoms with Gasteiger partial charge in [-0.3, -0.25) is 9.36 Å². The predicted molar refractivity (Wildman–Crippen MR) is 90.0 cm³/mol. The number of aromatic hydroxyl groups is 1. The highest BCUT2D eigenvalue weighted by Gasteiger charge is 2.34. The van der Waals surface area contributed by atoms with E-state index in [1.54, 1.807) is 18.2 Å². The molecule has 140 valence electrons. The molecule has 1 aromatic carbocycles. The molecule has 3 rings (SSSR count). The van der Waals surface area contributed by atoms with Gasteiger partial charge in [-0.2, -0.15) is 13.2 Å². The molecule has 0 bridgehead atoms. The number of carbonyl (C=O) groups is 1. The van der Waals surface area contributed by atoms with E-state index in [9.17, 15) is 27.9 Å². The van der Waals surface area contributed by atoms with Gasteiger partial charge in [-0.05, 0) is 31.2 Å². The molecule has 0 spiro atoms. The number of hydrogen-bond donors (Lipinski definition) is 1. The largest absolute Gasteiger partial charge is 0.506 e. The second kappa shape index (κ2) is 6.75. The summed E-state index contributed by atoms with van der Waals surface area (Å²) in [6, 6.07) is 9.34. The van der Waals surface area contributed by atoms with Crippen LogP contribution in [-0.2, 0) is 10.9 Å². The molecule has 0 radical (unpaired) electrons. The van der Waals surface area contributed by atoms with Crippen molar-refractivity contribution in [2.24, 2.45) is 0 Å². The van der Waals surface area contributed by atoms with E-state index in [2.05, 4.69) is 4.98 Å². The third-order valence-corrected chi connectivity index (χ3v) is 3.78. The lowest BCUT2D eigenvalue weighted by molar-refractivity contribution is -0.141. The van der Waals surface area contributed by atoms with Crippen molar-refractivity contribution in [2.45, 2.75) is 13.1 Å². The van der Waals surface area contributed by atoms with Crippen molar-refractivity contribution in [3.05, 3.63) is 64.1 Å². The fourth-order valence-corrected chi connectivity index (χ4v) is 2.61. The summed E-state index contributed by atoms with van der Waals surface area (Å²) in [6.45, 7) is 1.47. The number of ether oxygens (including phenoxy) is 1. The van der Waals surface area contributed by atoms with Crippen LogP contribution in [0.2, 0.25) is 0 Å². The second-order valence-electron chi connectivity index (χ2n) is 5.49. The smallest absolute Gasteiger partial charge is 0.433 e. The average molecular weight is 378 g/mol. The number of rotatable bonds is 3. The van der Waals surface area contributed by atoms with Gasteiger partial charge in [0.25, 0.3) is 5.56 Å². The summed E-state index contributed by atoms with van der Waals surface area (Å²) >= 11 is 0. The quantitative estimate of drug-likeness (QED) is 0.708. The Kier molecular flexibility index (Phi) is 4.61. The van der Waals surface area contributed by atoms with Crippen LogP contribution in [0.3, 0.4) is 0 Å². The first-order valence-electron chi connectivity index (χ1n) is 7.84. The van der Waals surface area contributed by atoms with E-state index in [0.717, 1.165) is 10.6 Å². The summed E-state index contributed by atoms with van der Waals surface area (Å²) in [4.78, 5) is 28.5. The average Bonchev–Trinajstić information content (AvgIpc) is 2.62. The summed E-state index contributed by atoms with van der Waals surface area (Å²) in [5.74, 6) is -1.85. The first-order chi connectivity index (χ1) is 12.8. The first kappa shape index (κ1) is 18.4. The molecule has 9 heteroatoms. The molecule has 6 nitrogen and oxygen atoms in total. The molecule has 0 aliphatic carbocycles.